The van der Waals surface area contributed by atoms with Gasteiger partial charge < -0.3 is 4.98 Å². The molecule has 3 aromatic carbocycles. The fourth-order valence-electron chi connectivity index (χ4n) is 4.11. The second-order valence-corrected chi connectivity index (χ2v) is 7.89. The molecule has 154 valence electrons. The maximum Gasteiger partial charge on any atom is 0.416 e. The lowest BCUT2D eigenvalue weighted by atomic mass is 9.89. The van der Waals surface area contributed by atoms with Gasteiger partial charge in [-0.15, -0.1) is 0 Å². The SMILES string of the molecule is Cc1ccc2c(c1)N=CC2=C(c1ccc(C(F)(F)F)cc1)c1c[nH]c2cc(C)ccc12. The Labute approximate surface area is 177 Å². The molecule has 0 radical (unpaired) electrons. The molecule has 0 amide bonds. The number of hydrogen-bond acceptors (Lipinski definition) is 1. The Bertz CT molecular complexity index is 1370. The molecule has 0 aliphatic carbocycles. The van der Waals surface area contributed by atoms with E-state index in [1.807, 2.05) is 56.6 Å². The van der Waals surface area contributed by atoms with E-state index in [-0.39, 0.29) is 0 Å². The van der Waals surface area contributed by atoms with Gasteiger partial charge >= 0.3 is 6.18 Å². The van der Waals surface area contributed by atoms with Crippen LogP contribution in [0.3, 0.4) is 0 Å². The van der Waals surface area contributed by atoms with E-state index >= 15 is 0 Å². The summed E-state index contributed by atoms with van der Waals surface area (Å²) in [7, 11) is 0. The number of hydrogen-bond donors (Lipinski definition) is 1. The summed E-state index contributed by atoms with van der Waals surface area (Å²) in [4.78, 5) is 7.89. The van der Waals surface area contributed by atoms with E-state index in [4.69, 9.17) is 0 Å². The molecule has 0 atom stereocenters. The lowest BCUT2D eigenvalue weighted by molar-refractivity contribution is -0.137. The number of aryl methyl sites for hydroxylation is 2. The molecule has 2 nitrogen and oxygen atoms in total. The minimum absolute atomic E-state index is 0.661. The van der Waals surface area contributed by atoms with E-state index in [1.165, 1.54) is 12.1 Å². The van der Waals surface area contributed by atoms with E-state index in [2.05, 4.69) is 16.0 Å². The third-order valence-corrected chi connectivity index (χ3v) is 5.65. The Morgan fingerprint density at radius 1 is 0.871 bits per heavy atom. The van der Waals surface area contributed by atoms with Gasteiger partial charge in [-0.1, -0.05) is 36.4 Å². The van der Waals surface area contributed by atoms with Crippen molar-refractivity contribution in [2.75, 3.05) is 0 Å². The van der Waals surface area contributed by atoms with Crippen LogP contribution < -0.4 is 0 Å². The molecule has 4 aromatic rings. The van der Waals surface area contributed by atoms with Gasteiger partial charge in [0.15, 0.2) is 0 Å². The Morgan fingerprint density at radius 3 is 2.32 bits per heavy atom. The van der Waals surface area contributed by atoms with Crippen LogP contribution in [0.1, 0.15) is 33.4 Å². The van der Waals surface area contributed by atoms with Crippen molar-refractivity contribution in [3.63, 3.8) is 0 Å². The van der Waals surface area contributed by atoms with Crippen molar-refractivity contribution in [3.05, 3.63) is 100 Å². The Hall–Kier alpha value is -3.60. The number of rotatable bonds is 2. The first-order chi connectivity index (χ1) is 14.8. The number of nitrogens with zero attached hydrogens (tertiary/aromatic N) is 1. The van der Waals surface area contributed by atoms with Gasteiger partial charge in [0.1, 0.15) is 0 Å². The lowest BCUT2D eigenvalue weighted by Gasteiger charge is -2.14. The highest BCUT2D eigenvalue weighted by molar-refractivity contribution is 6.27. The highest BCUT2D eigenvalue weighted by atomic mass is 19.4. The predicted octanol–water partition coefficient (Wildman–Crippen LogP) is 7.48. The van der Waals surface area contributed by atoms with Crippen molar-refractivity contribution in [3.8, 4) is 0 Å². The van der Waals surface area contributed by atoms with Gasteiger partial charge in [0.2, 0.25) is 0 Å². The third kappa shape index (κ3) is 3.36. The first-order valence-electron chi connectivity index (χ1n) is 9.96. The van der Waals surface area contributed by atoms with Crippen LogP contribution in [0.5, 0.6) is 0 Å². The summed E-state index contributed by atoms with van der Waals surface area (Å²) < 4.78 is 39.4. The molecule has 0 saturated heterocycles. The number of halogens is 3. The number of nitrogens with one attached hydrogen (secondary N) is 1. The normalized spacial score (nSPS) is 14.9. The highest BCUT2D eigenvalue weighted by Gasteiger charge is 2.30. The second-order valence-electron chi connectivity index (χ2n) is 7.89. The molecule has 1 aliphatic heterocycles. The van der Waals surface area contributed by atoms with Crippen molar-refractivity contribution in [1.82, 2.24) is 4.98 Å². The van der Waals surface area contributed by atoms with Gasteiger partial charge in [0.05, 0.1) is 11.3 Å². The molecule has 1 aromatic heterocycles. The molecule has 1 aliphatic rings. The summed E-state index contributed by atoms with van der Waals surface area (Å²) >= 11 is 0. The lowest BCUT2D eigenvalue weighted by Crippen LogP contribution is -2.04. The second kappa shape index (κ2) is 6.98. The molecule has 1 N–H and O–H groups in total. The van der Waals surface area contributed by atoms with E-state index in [0.717, 1.165) is 62.1 Å². The van der Waals surface area contributed by atoms with E-state index in [9.17, 15) is 13.2 Å². The van der Waals surface area contributed by atoms with Crippen LogP contribution in [0, 0.1) is 13.8 Å². The van der Waals surface area contributed by atoms with Crippen LogP contribution in [-0.2, 0) is 6.18 Å². The molecule has 2 heterocycles. The zero-order chi connectivity index (χ0) is 21.8. The molecule has 0 unspecified atom stereocenters. The molecule has 0 saturated carbocycles. The number of aromatic nitrogens is 1. The minimum Gasteiger partial charge on any atom is -0.361 e. The quantitative estimate of drug-likeness (QED) is 0.351. The Kier molecular flexibility index (Phi) is 4.36. The number of allylic oxidation sites excluding steroid dienone is 1. The standard InChI is InChI=1S/C26H19F3N2/c1-15-3-9-19-21(13-30-23(19)11-15)25(17-5-7-18(8-6-17)26(27,28)29)22-14-31-24-12-16(2)4-10-20(22)24/h3-14,30H,1-2H3. The summed E-state index contributed by atoms with van der Waals surface area (Å²) in [6.07, 6.45) is -0.642. The van der Waals surface area contributed by atoms with Gasteiger partial charge in [-0.25, -0.2) is 0 Å². The van der Waals surface area contributed by atoms with Crippen molar-refractivity contribution in [2.45, 2.75) is 20.0 Å². The van der Waals surface area contributed by atoms with Crippen LogP contribution in [-0.4, -0.2) is 11.2 Å². The zero-order valence-corrected chi connectivity index (χ0v) is 17.0. The van der Waals surface area contributed by atoms with Crippen LogP contribution >= 0.6 is 0 Å². The third-order valence-electron chi connectivity index (χ3n) is 5.65. The fourth-order valence-corrected chi connectivity index (χ4v) is 4.11. The summed E-state index contributed by atoms with van der Waals surface area (Å²) in [5, 5.41) is 1.02. The van der Waals surface area contributed by atoms with Crippen molar-refractivity contribution >= 4 is 34.0 Å². The average Bonchev–Trinajstić information content (AvgIpc) is 3.32. The number of benzene rings is 3. The van der Waals surface area contributed by atoms with Gasteiger partial charge in [-0.3, -0.25) is 4.99 Å². The Balaban J connectivity index is 1.78. The van der Waals surface area contributed by atoms with E-state index in [1.54, 1.807) is 0 Å². The molecule has 0 bridgehead atoms. The molecule has 0 spiro atoms. The first-order valence-corrected chi connectivity index (χ1v) is 9.96. The molecular weight excluding hydrogens is 397 g/mol. The zero-order valence-electron chi connectivity index (χ0n) is 17.0. The topological polar surface area (TPSA) is 28.1 Å². The van der Waals surface area contributed by atoms with E-state index < -0.39 is 11.7 Å². The average molecular weight is 416 g/mol. The van der Waals surface area contributed by atoms with Crippen LogP contribution in [0.25, 0.3) is 22.0 Å². The van der Waals surface area contributed by atoms with E-state index in [0.29, 0.717) is 5.56 Å². The summed E-state index contributed by atoms with van der Waals surface area (Å²) in [6.45, 7) is 4.04. The number of fused-ring (bicyclic) bond motifs is 2. The van der Waals surface area contributed by atoms with Gasteiger partial charge in [-0.2, -0.15) is 13.2 Å². The van der Waals surface area contributed by atoms with Crippen molar-refractivity contribution in [1.29, 1.82) is 0 Å². The summed E-state index contributed by atoms with van der Waals surface area (Å²) in [5.74, 6) is 0. The van der Waals surface area contributed by atoms with Gasteiger partial charge in [0, 0.05) is 45.6 Å². The number of alkyl halides is 3. The molecule has 5 heteroatoms. The summed E-state index contributed by atoms with van der Waals surface area (Å²) in [6, 6.07) is 17.6. The highest BCUT2D eigenvalue weighted by Crippen LogP contribution is 2.42. The maximum atomic E-state index is 13.1. The van der Waals surface area contributed by atoms with Gasteiger partial charge in [0.25, 0.3) is 0 Å². The monoisotopic (exact) mass is 416 g/mol. The minimum atomic E-state index is -4.37. The summed E-state index contributed by atoms with van der Waals surface area (Å²) in [5.41, 5.74) is 7.81. The van der Waals surface area contributed by atoms with Crippen molar-refractivity contribution < 1.29 is 13.2 Å². The Morgan fingerprint density at radius 2 is 1.58 bits per heavy atom. The largest absolute Gasteiger partial charge is 0.416 e. The van der Waals surface area contributed by atoms with Gasteiger partial charge in [-0.05, 0) is 54.8 Å². The molecule has 5 rings (SSSR count). The maximum absolute atomic E-state index is 13.1. The number of aromatic amines is 1. The fraction of sp³-hybridized carbons (Fsp3) is 0.115. The molecule has 31 heavy (non-hydrogen) atoms. The predicted molar refractivity (Wildman–Crippen MR) is 120 cm³/mol. The smallest absolute Gasteiger partial charge is 0.361 e. The molecular formula is C26H19F3N2. The van der Waals surface area contributed by atoms with Crippen LogP contribution in [0.4, 0.5) is 18.9 Å². The molecule has 0 fully saturated rings. The number of H-pyrrole nitrogens is 1. The van der Waals surface area contributed by atoms with Crippen LogP contribution in [0.2, 0.25) is 0 Å². The number of aliphatic imine (C=N–C) groups is 1. The first kappa shape index (κ1) is 19.4. The van der Waals surface area contributed by atoms with Crippen LogP contribution in [0.15, 0.2) is 71.9 Å². The van der Waals surface area contributed by atoms with Crippen molar-refractivity contribution in [2.24, 2.45) is 4.99 Å².